The van der Waals surface area contributed by atoms with Crippen molar-refractivity contribution >= 4 is 11.8 Å². The number of nitrogens with zero attached hydrogens (tertiary/aromatic N) is 4. The maximum atomic E-state index is 13.1. The van der Waals surface area contributed by atoms with Crippen molar-refractivity contribution in [1.82, 2.24) is 19.6 Å². The molecular formula is C22H28N4O2. The summed E-state index contributed by atoms with van der Waals surface area (Å²) in [5.41, 5.74) is 4.36. The third-order valence-corrected chi connectivity index (χ3v) is 6.11. The molecule has 148 valence electrons. The molecule has 0 bridgehead atoms. The zero-order valence-electron chi connectivity index (χ0n) is 16.9. The molecule has 0 radical (unpaired) electrons. The van der Waals surface area contributed by atoms with Crippen molar-refractivity contribution in [3.63, 3.8) is 0 Å². The number of carbonyl (C=O) groups is 2. The SMILES string of the molecule is Cc1nn(C)c(C)c1CN(C(=O)CN1C[C@H](c2ccccc2)CC1=O)C1CC1. The number of aromatic nitrogens is 2. The Balaban J connectivity index is 1.44. The summed E-state index contributed by atoms with van der Waals surface area (Å²) in [6, 6.07) is 10.4. The van der Waals surface area contributed by atoms with Crippen LogP contribution in [0.3, 0.4) is 0 Å². The number of amides is 2. The van der Waals surface area contributed by atoms with E-state index < -0.39 is 0 Å². The second-order valence-corrected chi connectivity index (χ2v) is 8.11. The van der Waals surface area contributed by atoms with Gasteiger partial charge in [-0.05, 0) is 32.3 Å². The van der Waals surface area contributed by atoms with Gasteiger partial charge in [-0.3, -0.25) is 14.3 Å². The Morgan fingerprint density at radius 1 is 1.21 bits per heavy atom. The summed E-state index contributed by atoms with van der Waals surface area (Å²) in [5.74, 6) is 0.303. The fraction of sp³-hybridized carbons (Fsp3) is 0.500. The van der Waals surface area contributed by atoms with Crippen molar-refractivity contribution in [3.05, 3.63) is 52.8 Å². The summed E-state index contributed by atoms with van der Waals surface area (Å²) in [6.07, 6.45) is 2.58. The number of carbonyl (C=O) groups excluding carboxylic acids is 2. The highest BCUT2D eigenvalue weighted by Crippen LogP contribution is 2.31. The van der Waals surface area contributed by atoms with Crippen molar-refractivity contribution in [3.8, 4) is 0 Å². The molecule has 2 aromatic rings. The largest absolute Gasteiger partial charge is 0.334 e. The molecule has 1 aliphatic heterocycles. The smallest absolute Gasteiger partial charge is 0.242 e. The number of rotatable bonds is 6. The van der Waals surface area contributed by atoms with E-state index in [-0.39, 0.29) is 24.3 Å². The van der Waals surface area contributed by atoms with E-state index in [1.165, 1.54) is 5.56 Å². The van der Waals surface area contributed by atoms with Crippen LogP contribution in [0.15, 0.2) is 30.3 Å². The van der Waals surface area contributed by atoms with Gasteiger partial charge in [-0.15, -0.1) is 0 Å². The van der Waals surface area contributed by atoms with Crippen LogP contribution in [0.4, 0.5) is 0 Å². The summed E-state index contributed by atoms with van der Waals surface area (Å²) in [6.45, 7) is 5.42. The molecule has 1 atom stereocenters. The van der Waals surface area contributed by atoms with Crippen LogP contribution in [0.1, 0.15) is 47.7 Å². The van der Waals surface area contributed by atoms with Gasteiger partial charge in [-0.2, -0.15) is 5.10 Å². The summed E-state index contributed by atoms with van der Waals surface area (Å²) in [7, 11) is 1.93. The highest BCUT2D eigenvalue weighted by atomic mass is 16.2. The zero-order valence-corrected chi connectivity index (χ0v) is 16.9. The number of aryl methyl sites for hydroxylation is 2. The second kappa shape index (κ2) is 7.41. The highest BCUT2D eigenvalue weighted by molar-refractivity contribution is 5.87. The van der Waals surface area contributed by atoms with Crippen LogP contribution in [-0.4, -0.2) is 50.5 Å². The Morgan fingerprint density at radius 2 is 1.93 bits per heavy atom. The van der Waals surface area contributed by atoms with Gasteiger partial charge in [0.05, 0.1) is 12.2 Å². The van der Waals surface area contributed by atoms with Crippen LogP contribution in [-0.2, 0) is 23.2 Å². The van der Waals surface area contributed by atoms with E-state index in [9.17, 15) is 9.59 Å². The van der Waals surface area contributed by atoms with Crippen molar-refractivity contribution in [2.45, 2.75) is 51.6 Å². The van der Waals surface area contributed by atoms with Crippen molar-refractivity contribution in [1.29, 1.82) is 0 Å². The lowest BCUT2D eigenvalue weighted by atomic mass is 9.99. The lowest BCUT2D eigenvalue weighted by Gasteiger charge is -2.26. The minimum atomic E-state index is 0.0483. The Morgan fingerprint density at radius 3 is 2.54 bits per heavy atom. The normalized spacial score (nSPS) is 19.3. The standard InChI is InChI=1S/C22H28N4O2/c1-15-20(16(2)24(3)23-15)13-26(19-9-10-19)22(28)14-25-12-18(11-21(25)27)17-7-5-4-6-8-17/h4-8,18-19H,9-14H2,1-3H3/t18-/m1/s1. The van der Waals surface area contributed by atoms with Crippen LogP contribution in [0.5, 0.6) is 0 Å². The Bertz CT molecular complexity index is 885. The van der Waals surface area contributed by atoms with Gasteiger partial charge < -0.3 is 9.80 Å². The minimum Gasteiger partial charge on any atom is -0.334 e. The summed E-state index contributed by atoms with van der Waals surface area (Å²) in [5, 5.41) is 4.48. The summed E-state index contributed by atoms with van der Waals surface area (Å²) in [4.78, 5) is 29.3. The van der Waals surface area contributed by atoms with Gasteiger partial charge in [0.25, 0.3) is 0 Å². The monoisotopic (exact) mass is 380 g/mol. The fourth-order valence-electron chi connectivity index (χ4n) is 4.15. The van der Waals surface area contributed by atoms with Crippen molar-refractivity contribution < 1.29 is 9.59 Å². The highest BCUT2D eigenvalue weighted by Gasteiger charge is 2.37. The van der Waals surface area contributed by atoms with E-state index in [4.69, 9.17) is 0 Å². The lowest BCUT2D eigenvalue weighted by molar-refractivity contribution is -0.139. The first-order chi connectivity index (χ1) is 13.4. The predicted octanol–water partition coefficient (Wildman–Crippen LogP) is 2.54. The Hall–Kier alpha value is -2.63. The molecular weight excluding hydrogens is 352 g/mol. The first-order valence-corrected chi connectivity index (χ1v) is 10.0. The molecule has 0 N–H and O–H groups in total. The molecule has 1 aliphatic carbocycles. The summed E-state index contributed by atoms with van der Waals surface area (Å²) >= 11 is 0. The maximum Gasteiger partial charge on any atom is 0.242 e. The van der Waals surface area contributed by atoms with Crippen LogP contribution < -0.4 is 0 Å². The van der Waals surface area contributed by atoms with Crippen LogP contribution in [0, 0.1) is 13.8 Å². The van der Waals surface area contributed by atoms with Gasteiger partial charge >= 0.3 is 0 Å². The fourth-order valence-corrected chi connectivity index (χ4v) is 4.15. The first-order valence-electron chi connectivity index (χ1n) is 10.0. The summed E-state index contributed by atoms with van der Waals surface area (Å²) < 4.78 is 1.87. The van der Waals surface area contributed by atoms with Gasteiger partial charge in [0.2, 0.25) is 11.8 Å². The maximum absolute atomic E-state index is 13.1. The third-order valence-electron chi connectivity index (χ3n) is 6.11. The molecule has 0 spiro atoms. The van der Waals surface area contributed by atoms with Gasteiger partial charge in [-0.25, -0.2) is 0 Å². The van der Waals surface area contributed by atoms with E-state index in [0.717, 1.165) is 29.8 Å². The quantitative estimate of drug-likeness (QED) is 0.774. The molecule has 4 rings (SSSR count). The van der Waals surface area contributed by atoms with Gasteiger partial charge in [0, 0.05) is 49.8 Å². The van der Waals surface area contributed by atoms with Crippen LogP contribution in [0.2, 0.25) is 0 Å². The second-order valence-electron chi connectivity index (χ2n) is 8.11. The molecule has 2 amide bonds. The molecule has 0 unspecified atom stereocenters. The molecule has 6 heteroatoms. The molecule has 1 aromatic carbocycles. The third kappa shape index (κ3) is 3.68. The number of likely N-dealkylation sites (tertiary alicyclic amines) is 1. The average Bonchev–Trinajstić information content (AvgIpc) is 3.41. The lowest BCUT2D eigenvalue weighted by Crippen LogP contribution is -2.42. The van der Waals surface area contributed by atoms with Crippen LogP contribution >= 0.6 is 0 Å². The van der Waals surface area contributed by atoms with Crippen molar-refractivity contribution in [2.75, 3.05) is 13.1 Å². The van der Waals surface area contributed by atoms with Gasteiger partial charge in [0.15, 0.2) is 0 Å². The van der Waals surface area contributed by atoms with E-state index >= 15 is 0 Å². The molecule has 6 nitrogen and oxygen atoms in total. The molecule has 1 saturated carbocycles. The minimum absolute atomic E-state index is 0.0483. The number of hydrogen-bond donors (Lipinski definition) is 0. The first kappa shape index (κ1) is 18.7. The molecule has 28 heavy (non-hydrogen) atoms. The van der Waals surface area contributed by atoms with E-state index in [1.807, 2.05) is 48.7 Å². The van der Waals surface area contributed by atoms with Crippen LogP contribution in [0.25, 0.3) is 0 Å². The number of hydrogen-bond acceptors (Lipinski definition) is 3. The van der Waals surface area contributed by atoms with Gasteiger partial charge in [-0.1, -0.05) is 30.3 Å². The average molecular weight is 380 g/mol. The molecule has 1 saturated heterocycles. The molecule has 2 fully saturated rings. The Kier molecular flexibility index (Phi) is 4.96. The van der Waals surface area contributed by atoms with Crippen molar-refractivity contribution in [2.24, 2.45) is 7.05 Å². The van der Waals surface area contributed by atoms with E-state index in [1.54, 1.807) is 4.90 Å². The zero-order chi connectivity index (χ0) is 19.8. The predicted molar refractivity (Wildman–Crippen MR) is 107 cm³/mol. The van der Waals surface area contributed by atoms with E-state index in [0.29, 0.717) is 25.6 Å². The number of benzene rings is 1. The molecule has 2 aliphatic rings. The Labute approximate surface area is 166 Å². The molecule has 2 heterocycles. The molecule has 1 aromatic heterocycles. The van der Waals surface area contributed by atoms with E-state index in [2.05, 4.69) is 17.2 Å². The van der Waals surface area contributed by atoms with Gasteiger partial charge in [0.1, 0.15) is 0 Å². The topological polar surface area (TPSA) is 58.4 Å².